The number of hydrogen-bond acceptors (Lipinski definition) is 7. The maximum absolute atomic E-state index is 12.8. The lowest BCUT2D eigenvalue weighted by Crippen LogP contribution is -2.15. The van der Waals surface area contributed by atoms with Crippen LogP contribution in [0.5, 0.6) is 17.2 Å². The van der Waals surface area contributed by atoms with Crippen molar-refractivity contribution in [2.75, 3.05) is 31.7 Å². The van der Waals surface area contributed by atoms with Crippen LogP contribution in [0.2, 0.25) is 0 Å². The summed E-state index contributed by atoms with van der Waals surface area (Å²) >= 11 is 1.25. The van der Waals surface area contributed by atoms with Crippen molar-refractivity contribution in [2.24, 2.45) is 0 Å². The minimum atomic E-state index is -0.476. The van der Waals surface area contributed by atoms with Crippen LogP contribution in [-0.2, 0) is 4.74 Å². The molecule has 0 saturated heterocycles. The van der Waals surface area contributed by atoms with E-state index >= 15 is 0 Å². The quantitative estimate of drug-likeness (QED) is 0.589. The number of carbonyl (C=O) groups is 2. The topological polar surface area (TPSA) is 83.1 Å². The summed E-state index contributed by atoms with van der Waals surface area (Å²) in [6.07, 6.45) is 0. The van der Waals surface area contributed by atoms with Crippen LogP contribution in [0, 0.1) is 0 Å². The first-order valence-electron chi connectivity index (χ1n) is 9.17. The second-order valence-electron chi connectivity index (χ2n) is 5.44. The highest BCUT2D eigenvalue weighted by Gasteiger charge is 2.21. The molecule has 0 spiro atoms. The van der Waals surface area contributed by atoms with Gasteiger partial charge in [0.2, 0.25) is 5.75 Å². The molecule has 1 N–H and O–H groups in total. The van der Waals surface area contributed by atoms with Crippen LogP contribution in [0.1, 0.15) is 48.4 Å². The Bertz CT molecular complexity index is 790. The Labute approximate surface area is 168 Å². The lowest BCUT2D eigenvalue weighted by atomic mass is 10.1. The van der Waals surface area contributed by atoms with E-state index in [0.29, 0.717) is 53.2 Å². The van der Waals surface area contributed by atoms with Gasteiger partial charge in [-0.1, -0.05) is 0 Å². The molecule has 0 bridgehead atoms. The van der Waals surface area contributed by atoms with Crippen LogP contribution < -0.4 is 19.5 Å². The SMILES string of the molecule is CCOC(=O)c1ccsc1NC(=O)c1cc(OCC)c(OCC)c(OCC)c1. The van der Waals surface area contributed by atoms with Gasteiger partial charge >= 0.3 is 5.97 Å². The Hall–Kier alpha value is -2.74. The molecule has 0 unspecified atom stereocenters. The molecule has 0 fully saturated rings. The van der Waals surface area contributed by atoms with Crippen molar-refractivity contribution in [1.82, 2.24) is 0 Å². The molecular weight excluding hydrogens is 382 g/mol. The number of carbonyl (C=O) groups excluding carboxylic acids is 2. The molecule has 2 aromatic rings. The van der Waals surface area contributed by atoms with Gasteiger partial charge in [-0.2, -0.15) is 0 Å². The van der Waals surface area contributed by atoms with Gasteiger partial charge in [-0.3, -0.25) is 4.79 Å². The van der Waals surface area contributed by atoms with E-state index in [9.17, 15) is 9.59 Å². The van der Waals surface area contributed by atoms with Gasteiger partial charge in [0.25, 0.3) is 5.91 Å². The average molecular weight is 407 g/mol. The number of ether oxygens (including phenoxy) is 4. The lowest BCUT2D eigenvalue weighted by molar-refractivity contribution is 0.0528. The first kappa shape index (κ1) is 21.6. The van der Waals surface area contributed by atoms with Crippen LogP contribution >= 0.6 is 11.3 Å². The number of rotatable bonds is 10. The van der Waals surface area contributed by atoms with Gasteiger partial charge in [0.05, 0.1) is 32.0 Å². The maximum Gasteiger partial charge on any atom is 0.341 e. The van der Waals surface area contributed by atoms with Gasteiger partial charge in [-0.05, 0) is 51.3 Å². The molecular formula is C20H25NO6S. The molecule has 1 aromatic carbocycles. The van der Waals surface area contributed by atoms with E-state index in [-0.39, 0.29) is 6.61 Å². The van der Waals surface area contributed by atoms with Gasteiger partial charge in [0.1, 0.15) is 5.00 Å². The number of thiophene rings is 1. The summed E-state index contributed by atoms with van der Waals surface area (Å²) in [6, 6.07) is 4.82. The second kappa shape index (κ2) is 10.6. The fourth-order valence-electron chi connectivity index (χ4n) is 2.47. The summed E-state index contributed by atoms with van der Waals surface area (Å²) in [6.45, 7) is 8.80. The Morgan fingerprint density at radius 3 is 2.07 bits per heavy atom. The van der Waals surface area contributed by atoms with Crippen molar-refractivity contribution >= 4 is 28.2 Å². The van der Waals surface area contributed by atoms with E-state index in [2.05, 4.69) is 5.32 Å². The van der Waals surface area contributed by atoms with Crippen molar-refractivity contribution in [3.05, 3.63) is 34.7 Å². The van der Waals surface area contributed by atoms with Crippen molar-refractivity contribution in [1.29, 1.82) is 0 Å². The second-order valence-corrected chi connectivity index (χ2v) is 6.35. The predicted molar refractivity (Wildman–Crippen MR) is 108 cm³/mol. The first-order valence-corrected chi connectivity index (χ1v) is 10.1. The average Bonchev–Trinajstić information content (AvgIpc) is 3.13. The standard InChI is InChI=1S/C20H25NO6S/c1-5-24-15-11-13(12-16(25-6-2)17(15)26-7-3)18(22)21-19-14(9-10-28-19)20(23)27-8-4/h9-12H,5-8H2,1-4H3,(H,21,22). The van der Waals surface area contributed by atoms with Crippen LogP contribution in [0.15, 0.2) is 23.6 Å². The summed E-state index contributed by atoms with van der Waals surface area (Å²) in [5, 5.41) is 4.91. The molecule has 28 heavy (non-hydrogen) atoms. The van der Waals surface area contributed by atoms with Crippen molar-refractivity contribution in [3.8, 4) is 17.2 Å². The Morgan fingerprint density at radius 1 is 0.929 bits per heavy atom. The van der Waals surface area contributed by atoms with Crippen LogP contribution in [0.25, 0.3) is 0 Å². The third kappa shape index (κ3) is 5.16. The zero-order chi connectivity index (χ0) is 20.5. The smallest absolute Gasteiger partial charge is 0.341 e. The van der Waals surface area contributed by atoms with E-state index in [4.69, 9.17) is 18.9 Å². The monoisotopic (exact) mass is 407 g/mol. The molecule has 0 aliphatic rings. The van der Waals surface area contributed by atoms with Gasteiger partial charge < -0.3 is 24.3 Å². The van der Waals surface area contributed by atoms with Crippen LogP contribution in [0.3, 0.4) is 0 Å². The third-order valence-electron chi connectivity index (χ3n) is 3.56. The molecule has 1 aromatic heterocycles. The summed E-state index contributed by atoms with van der Waals surface area (Å²) in [7, 11) is 0. The first-order chi connectivity index (χ1) is 13.5. The molecule has 8 heteroatoms. The van der Waals surface area contributed by atoms with E-state index in [0.717, 1.165) is 0 Å². The highest BCUT2D eigenvalue weighted by molar-refractivity contribution is 7.14. The Morgan fingerprint density at radius 2 is 1.54 bits per heavy atom. The number of esters is 1. The molecule has 2 rings (SSSR count). The molecule has 0 atom stereocenters. The van der Waals surface area contributed by atoms with Crippen molar-refractivity contribution in [3.63, 3.8) is 0 Å². The largest absolute Gasteiger partial charge is 0.490 e. The Kier molecular flexibility index (Phi) is 8.13. The summed E-state index contributed by atoms with van der Waals surface area (Å²) in [4.78, 5) is 24.8. The number of hydrogen-bond donors (Lipinski definition) is 1. The molecule has 0 aliphatic heterocycles. The third-order valence-corrected chi connectivity index (χ3v) is 4.39. The molecule has 0 aliphatic carbocycles. The molecule has 152 valence electrons. The van der Waals surface area contributed by atoms with Crippen LogP contribution in [0.4, 0.5) is 5.00 Å². The molecule has 1 amide bonds. The van der Waals surface area contributed by atoms with Gasteiger partial charge in [0.15, 0.2) is 11.5 Å². The summed E-state index contributed by atoms with van der Waals surface area (Å²) in [5.74, 6) is 0.453. The number of nitrogens with one attached hydrogen (secondary N) is 1. The highest BCUT2D eigenvalue weighted by Crippen LogP contribution is 2.39. The lowest BCUT2D eigenvalue weighted by Gasteiger charge is -2.17. The van der Waals surface area contributed by atoms with E-state index in [1.165, 1.54) is 11.3 Å². The minimum Gasteiger partial charge on any atom is -0.490 e. The Balaban J connectivity index is 2.35. The zero-order valence-corrected chi connectivity index (χ0v) is 17.3. The summed E-state index contributed by atoms with van der Waals surface area (Å²) < 4.78 is 21.9. The maximum atomic E-state index is 12.8. The summed E-state index contributed by atoms with van der Waals surface area (Å²) in [5.41, 5.74) is 0.653. The predicted octanol–water partition coefficient (Wildman–Crippen LogP) is 4.37. The van der Waals surface area contributed by atoms with E-state index in [1.54, 1.807) is 30.5 Å². The molecule has 0 radical (unpaired) electrons. The normalized spacial score (nSPS) is 10.3. The molecule has 1 heterocycles. The fourth-order valence-corrected chi connectivity index (χ4v) is 3.24. The highest BCUT2D eigenvalue weighted by atomic mass is 32.1. The van der Waals surface area contributed by atoms with Gasteiger partial charge in [0, 0.05) is 5.56 Å². The van der Waals surface area contributed by atoms with E-state index in [1.807, 2.05) is 20.8 Å². The van der Waals surface area contributed by atoms with Gasteiger partial charge in [-0.15, -0.1) is 11.3 Å². The molecule has 0 saturated carbocycles. The van der Waals surface area contributed by atoms with Crippen LogP contribution in [-0.4, -0.2) is 38.3 Å². The van der Waals surface area contributed by atoms with Gasteiger partial charge in [-0.25, -0.2) is 4.79 Å². The van der Waals surface area contributed by atoms with E-state index < -0.39 is 11.9 Å². The van der Waals surface area contributed by atoms with Crippen molar-refractivity contribution in [2.45, 2.75) is 27.7 Å². The fraction of sp³-hybridized carbons (Fsp3) is 0.400. The number of anilines is 1. The minimum absolute atomic E-state index is 0.260. The molecule has 7 nitrogen and oxygen atoms in total. The number of amides is 1. The number of benzene rings is 1. The zero-order valence-electron chi connectivity index (χ0n) is 16.5. The van der Waals surface area contributed by atoms with Crippen molar-refractivity contribution < 1.29 is 28.5 Å².